The first-order valence-corrected chi connectivity index (χ1v) is 7.70. The summed E-state index contributed by atoms with van der Waals surface area (Å²) in [4.78, 5) is 22.3. The molecule has 3 saturated heterocycles. The fourth-order valence-corrected chi connectivity index (χ4v) is 3.86. The lowest BCUT2D eigenvalue weighted by Crippen LogP contribution is -2.62. The number of hydrogen-bond donors (Lipinski definition) is 2. The minimum absolute atomic E-state index is 0.0251. The van der Waals surface area contributed by atoms with Crippen LogP contribution in [0.1, 0.15) is 30.1 Å². The molecule has 5 rings (SSSR count). The Morgan fingerprint density at radius 2 is 2.19 bits per heavy atom. The number of imidazole rings is 1. The zero-order valence-electron chi connectivity index (χ0n) is 12.2. The quantitative estimate of drug-likeness (QED) is 0.883. The molecule has 110 valence electrons. The summed E-state index contributed by atoms with van der Waals surface area (Å²) in [6.45, 7) is 4.59. The molecule has 2 atom stereocenters. The third kappa shape index (κ3) is 2.12. The second-order valence-electron chi connectivity index (χ2n) is 6.25. The van der Waals surface area contributed by atoms with Gasteiger partial charge in [0.15, 0.2) is 0 Å². The first-order chi connectivity index (χ1) is 10.2. The molecule has 2 N–H and O–H groups in total. The number of carbonyl (C=O) groups is 1. The van der Waals surface area contributed by atoms with Gasteiger partial charge < -0.3 is 10.3 Å². The van der Waals surface area contributed by atoms with Crippen molar-refractivity contribution in [3.8, 4) is 0 Å². The number of rotatable bonds is 2. The molecular formula is C16H20N4O. The maximum atomic E-state index is 12.5. The summed E-state index contributed by atoms with van der Waals surface area (Å²) in [5.41, 5.74) is 2.50. The van der Waals surface area contributed by atoms with Gasteiger partial charge in [-0.05, 0) is 57.0 Å². The maximum Gasteiger partial charge on any atom is 0.251 e. The summed E-state index contributed by atoms with van der Waals surface area (Å²) < 4.78 is 0. The van der Waals surface area contributed by atoms with Gasteiger partial charge in [0.2, 0.25) is 0 Å². The molecule has 2 aromatic rings. The van der Waals surface area contributed by atoms with Crippen molar-refractivity contribution in [2.45, 2.75) is 31.8 Å². The Bertz CT molecular complexity index is 670. The second kappa shape index (κ2) is 4.84. The van der Waals surface area contributed by atoms with Gasteiger partial charge in [-0.3, -0.25) is 9.69 Å². The number of aromatic nitrogens is 2. The molecule has 1 aromatic carbocycles. The number of fused-ring (bicyclic) bond motifs is 4. The molecule has 1 aromatic heterocycles. The predicted octanol–water partition coefficient (Wildman–Crippen LogP) is 1.78. The zero-order valence-corrected chi connectivity index (χ0v) is 12.2. The lowest BCUT2D eigenvalue weighted by atomic mass is 9.79. The Balaban J connectivity index is 1.54. The maximum absolute atomic E-state index is 12.5. The van der Waals surface area contributed by atoms with Crippen molar-refractivity contribution in [3.05, 3.63) is 30.1 Å². The van der Waals surface area contributed by atoms with Crippen LogP contribution in [0.15, 0.2) is 24.5 Å². The highest BCUT2D eigenvalue weighted by Gasteiger charge is 2.40. The van der Waals surface area contributed by atoms with Crippen LogP contribution in [0.5, 0.6) is 0 Å². The van der Waals surface area contributed by atoms with Gasteiger partial charge in [-0.1, -0.05) is 0 Å². The van der Waals surface area contributed by atoms with E-state index in [0.29, 0.717) is 17.5 Å². The van der Waals surface area contributed by atoms with Gasteiger partial charge in [0.25, 0.3) is 5.91 Å². The van der Waals surface area contributed by atoms with E-state index < -0.39 is 0 Å². The molecule has 0 aliphatic carbocycles. The first kappa shape index (κ1) is 12.8. The predicted molar refractivity (Wildman–Crippen MR) is 81.1 cm³/mol. The topological polar surface area (TPSA) is 61.0 Å². The SMILES string of the molecule is C[C@H]1[C@H](NC(=O)c2ccc3nc[nH]c3c2)C2CCN1CC2. The largest absolute Gasteiger partial charge is 0.347 e. The molecule has 0 unspecified atom stereocenters. The summed E-state index contributed by atoms with van der Waals surface area (Å²) >= 11 is 0. The monoisotopic (exact) mass is 284 g/mol. The number of aromatic amines is 1. The minimum Gasteiger partial charge on any atom is -0.347 e. The Morgan fingerprint density at radius 3 is 2.95 bits per heavy atom. The van der Waals surface area contributed by atoms with Crippen LogP contribution in [-0.4, -0.2) is 45.9 Å². The van der Waals surface area contributed by atoms with Crippen LogP contribution in [0.25, 0.3) is 11.0 Å². The number of hydrogen-bond acceptors (Lipinski definition) is 3. The smallest absolute Gasteiger partial charge is 0.251 e. The van der Waals surface area contributed by atoms with Gasteiger partial charge in [0.05, 0.1) is 17.4 Å². The van der Waals surface area contributed by atoms with Crippen LogP contribution in [0.4, 0.5) is 0 Å². The van der Waals surface area contributed by atoms with Crippen LogP contribution in [0, 0.1) is 5.92 Å². The van der Waals surface area contributed by atoms with E-state index in [0.717, 1.165) is 11.0 Å². The van der Waals surface area contributed by atoms with E-state index in [9.17, 15) is 4.79 Å². The molecule has 4 heterocycles. The number of H-pyrrole nitrogens is 1. The average molecular weight is 284 g/mol. The van der Waals surface area contributed by atoms with Crippen molar-refractivity contribution >= 4 is 16.9 Å². The third-order valence-electron chi connectivity index (χ3n) is 5.16. The van der Waals surface area contributed by atoms with Crippen LogP contribution >= 0.6 is 0 Å². The Kier molecular flexibility index (Phi) is 2.96. The summed E-state index contributed by atoms with van der Waals surface area (Å²) in [5.74, 6) is 0.655. The molecule has 3 aliphatic heterocycles. The summed E-state index contributed by atoms with van der Waals surface area (Å²) in [6, 6.07) is 6.34. The Morgan fingerprint density at radius 1 is 1.38 bits per heavy atom. The van der Waals surface area contributed by atoms with Gasteiger partial charge in [-0.2, -0.15) is 0 Å². The number of amides is 1. The molecule has 21 heavy (non-hydrogen) atoms. The molecule has 5 nitrogen and oxygen atoms in total. The molecule has 0 spiro atoms. The molecule has 5 heteroatoms. The number of carbonyl (C=O) groups excluding carboxylic acids is 1. The fourth-order valence-electron chi connectivity index (χ4n) is 3.86. The van der Waals surface area contributed by atoms with E-state index in [2.05, 4.69) is 27.1 Å². The van der Waals surface area contributed by atoms with E-state index in [-0.39, 0.29) is 11.9 Å². The number of benzene rings is 1. The van der Waals surface area contributed by atoms with Crippen LogP contribution < -0.4 is 5.32 Å². The van der Waals surface area contributed by atoms with E-state index in [1.807, 2.05) is 18.2 Å². The lowest BCUT2D eigenvalue weighted by Gasteiger charge is -2.49. The highest BCUT2D eigenvalue weighted by molar-refractivity contribution is 5.97. The van der Waals surface area contributed by atoms with E-state index >= 15 is 0 Å². The van der Waals surface area contributed by atoms with Crippen molar-refractivity contribution in [1.29, 1.82) is 0 Å². The van der Waals surface area contributed by atoms with Gasteiger partial charge >= 0.3 is 0 Å². The van der Waals surface area contributed by atoms with E-state index in [1.165, 1.54) is 25.9 Å². The first-order valence-electron chi connectivity index (χ1n) is 7.70. The van der Waals surface area contributed by atoms with Crippen molar-refractivity contribution in [2.75, 3.05) is 13.1 Å². The van der Waals surface area contributed by atoms with Gasteiger partial charge in [0, 0.05) is 17.6 Å². The minimum atomic E-state index is 0.0251. The summed E-state index contributed by atoms with van der Waals surface area (Å²) in [7, 11) is 0. The summed E-state index contributed by atoms with van der Waals surface area (Å²) in [5, 5.41) is 3.26. The van der Waals surface area contributed by atoms with Crippen molar-refractivity contribution < 1.29 is 4.79 Å². The van der Waals surface area contributed by atoms with Crippen LogP contribution in [0.2, 0.25) is 0 Å². The fraction of sp³-hybridized carbons (Fsp3) is 0.500. The van der Waals surface area contributed by atoms with E-state index in [4.69, 9.17) is 0 Å². The molecule has 0 saturated carbocycles. The second-order valence-corrected chi connectivity index (χ2v) is 6.25. The highest BCUT2D eigenvalue weighted by atomic mass is 16.1. The molecule has 1 amide bonds. The number of nitrogens with zero attached hydrogens (tertiary/aromatic N) is 2. The number of nitrogens with one attached hydrogen (secondary N) is 2. The standard InChI is InChI=1S/C16H20N4O/c1-10-15(11-4-6-20(10)7-5-11)19-16(21)12-2-3-13-14(8-12)18-9-17-13/h2-3,8-11,15H,4-7H2,1H3,(H,17,18)(H,19,21)/t10-,15-/m0/s1. The number of piperidine rings is 3. The summed E-state index contributed by atoms with van der Waals surface area (Å²) in [6.07, 6.45) is 4.06. The zero-order chi connectivity index (χ0) is 14.4. The molecule has 2 bridgehead atoms. The molecule has 3 fully saturated rings. The Labute approximate surface area is 123 Å². The van der Waals surface area contributed by atoms with Gasteiger partial charge in [-0.15, -0.1) is 0 Å². The highest BCUT2D eigenvalue weighted by Crippen LogP contribution is 2.32. The molecule has 0 radical (unpaired) electrons. The van der Waals surface area contributed by atoms with Gasteiger partial charge in [0.1, 0.15) is 0 Å². The average Bonchev–Trinajstić information content (AvgIpc) is 2.98. The normalized spacial score (nSPS) is 31.5. The van der Waals surface area contributed by atoms with Crippen molar-refractivity contribution in [2.24, 2.45) is 5.92 Å². The lowest BCUT2D eigenvalue weighted by molar-refractivity contribution is 0.0217. The third-order valence-corrected chi connectivity index (χ3v) is 5.16. The van der Waals surface area contributed by atoms with Gasteiger partial charge in [-0.25, -0.2) is 4.98 Å². The van der Waals surface area contributed by atoms with Crippen LogP contribution in [-0.2, 0) is 0 Å². The molecule has 3 aliphatic rings. The molecular weight excluding hydrogens is 264 g/mol. The van der Waals surface area contributed by atoms with Crippen LogP contribution in [0.3, 0.4) is 0 Å². The van der Waals surface area contributed by atoms with Crippen molar-refractivity contribution in [3.63, 3.8) is 0 Å². The van der Waals surface area contributed by atoms with E-state index in [1.54, 1.807) is 6.33 Å². The van der Waals surface area contributed by atoms with Crippen molar-refractivity contribution in [1.82, 2.24) is 20.2 Å². The Hall–Kier alpha value is -1.88.